The first kappa shape index (κ1) is 14.4. The van der Waals surface area contributed by atoms with Crippen LogP contribution in [0.5, 0.6) is 0 Å². The van der Waals surface area contributed by atoms with Gasteiger partial charge in [-0.15, -0.1) is 5.10 Å². The van der Waals surface area contributed by atoms with Gasteiger partial charge < -0.3 is 15.1 Å². The molecule has 0 saturated carbocycles. The van der Waals surface area contributed by atoms with E-state index in [2.05, 4.69) is 20.8 Å². The molecule has 0 amide bonds. The number of primary sulfonamides is 1. The Morgan fingerprint density at radius 1 is 1.25 bits per heavy atom. The molecule has 1 aromatic carbocycles. The number of hydrogen-bond donors (Lipinski definition) is 3. The van der Waals surface area contributed by atoms with Crippen molar-refractivity contribution >= 4 is 21.7 Å². The Balaban J connectivity index is 2.05. The third-order valence-electron chi connectivity index (χ3n) is 2.43. The minimum atomic E-state index is -3.69. The molecule has 0 spiro atoms. The van der Waals surface area contributed by atoms with Crippen LogP contribution in [0.2, 0.25) is 0 Å². The largest absolute Gasteiger partial charge is 0.406 e. The zero-order chi connectivity index (χ0) is 14.6. The van der Waals surface area contributed by atoms with Gasteiger partial charge >= 0.3 is 6.01 Å². The third-order valence-corrected chi connectivity index (χ3v) is 3.36. The molecule has 0 bridgehead atoms. The van der Waals surface area contributed by atoms with Gasteiger partial charge in [-0.25, -0.2) is 13.6 Å². The Labute approximate surface area is 116 Å². The first-order chi connectivity index (χ1) is 9.49. The molecule has 0 aliphatic heterocycles. The number of anilines is 2. The maximum atomic E-state index is 11.1. The quantitative estimate of drug-likeness (QED) is 0.712. The summed E-state index contributed by atoms with van der Waals surface area (Å²) in [5.41, 5.74) is 0.621. The number of rotatable bonds is 6. The van der Waals surface area contributed by atoms with Crippen molar-refractivity contribution in [2.45, 2.75) is 18.4 Å². The summed E-state index contributed by atoms with van der Waals surface area (Å²) in [6.45, 7) is 3.28. The number of sulfonamides is 1. The lowest BCUT2D eigenvalue weighted by Gasteiger charge is -2.02. The van der Waals surface area contributed by atoms with Crippen molar-refractivity contribution in [1.29, 1.82) is 0 Å². The second kappa shape index (κ2) is 5.99. The summed E-state index contributed by atoms with van der Waals surface area (Å²) in [6, 6.07) is 6.16. The van der Waals surface area contributed by atoms with Crippen LogP contribution in [0.1, 0.15) is 12.8 Å². The molecule has 2 aromatic rings. The van der Waals surface area contributed by atoms with Gasteiger partial charge in [0.1, 0.15) is 0 Å². The number of benzene rings is 1. The minimum Gasteiger partial charge on any atom is -0.406 e. The summed E-state index contributed by atoms with van der Waals surface area (Å²) < 4.78 is 27.6. The Morgan fingerprint density at radius 3 is 2.55 bits per heavy atom. The van der Waals surface area contributed by atoms with E-state index in [0.29, 0.717) is 18.1 Å². The van der Waals surface area contributed by atoms with E-state index in [-0.39, 0.29) is 10.9 Å². The maximum Gasteiger partial charge on any atom is 0.320 e. The van der Waals surface area contributed by atoms with Crippen LogP contribution < -0.4 is 15.8 Å². The second-order valence-corrected chi connectivity index (χ2v) is 5.54. The molecule has 0 atom stereocenters. The van der Waals surface area contributed by atoms with Gasteiger partial charge in [0, 0.05) is 5.69 Å². The molecule has 20 heavy (non-hydrogen) atoms. The number of nitrogens with zero attached hydrogens (tertiary/aromatic N) is 2. The number of hydrogen-bond acceptors (Lipinski definition) is 7. The van der Waals surface area contributed by atoms with Gasteiger partial charge in [-0.05, 0) is 30.8 Å². The summed E-state index contributed by atoms with van der Waals surface area (Å²) in [5.74, 6) is 0.468. The van der Waals surface area contributed by atoms with Crippen molar-refractivity contribution in [3.8, 4) is 0 Å². The van der Waals surface area contributed by atoms with Crippen LogP contribution in [-0.4, -0.2) is 25.2 Å². The van der Waals surface area contributed by atoms with Gasteiger partial charge in [-0.1, -0.05) is 12.0 Å². The van der Waals surface area contributed by atoms with Crippen LogP contribution >= 0.6 is 0 Å². The van der Waals surface area contributed by atoms with E-state index in [0.717, 1.165) is 6.54 Å². The maximum absolute atomic E-state index is 11.1. The molecule has 0 unspecified atom stereocenters. The number of nitrogens with one attached hydrogen (secondary N) is 2. The standard InChI is InChI=1S/C11H15N5O3S/c1-2-13-7-10-15-16-11(19-10)14-8-3-5-9(6-4-8)20(12,17)18/h3-6,13H,2,7H2,1H3,(H,14,16)(H2,12,17,18). The SMILES string of the molecule is CCNCc1nnc(Nc2ccc(S(N)(=O)=O)cc2)o1. The molecule has 0 radical (unpaired) electrons. The summed E-state index contributed by atoms with van der Waals surface area (Å²) in [4.78, 5) is 0.0430. The van der Waals surface area contributed by atoms with Crippen molar-refractivity contribution in [3.63, 3.8) is 0 Å². The van der Waals surface area contributed by atoms with E-state index in [1.165, 1.54) is 12.1 Å². The zero-order valence-corrected chi connectivity index (χ0v) is 11.6. The molecule has 4 N–H and O–H groups in total. The third kappa shape index (κ3) is 3.76. The van der Waals surface area contributed by atoms with Crippen molar-refractivity contribution in [3.05, 3.63) is 30.2 Å². The average Bonchev–Trinajstić information content (AvgIpc) is 2.83. The highest BCUT2D eigenvalue weighted by atomic mass is 32.2. The lowest BCUT2D eigenvalue weighted by Crippen LogP contribution is -2.11. The lowest BCUT2D eigenvalue weighted by molar-refractivity contribution is 0.484. The van der Waals surface area contributed by atoms with E-state index in [1.807, 2.05) is 6.92 Å². The van der Waals surface area contributed by atoms with Crippen molar-refractivity contribution in [2.24, 2.45) is 5.14 Å². The summed E-state index contributed by atoms with van der Waals surface area (Å²) in [6.07, 6.45) is 0. The molecule has 0 saturated heterocycles. The highest BCUT2D eigenvalue weighted by molar-refractivity contribution is 7.89. The van der Waals surface area contributed by atoms with Crippen LogP contribution in [0.4, 0.5) is 11.7 Å². The molecule has 0 fully saturated rings. The molecule has 0 aliphatic carbocycles. The molecule has 8 nitrogen and oxygen atoms in total. The minimum absolute atomic E-state index is 0.0430. The normalized spacial score (nSPS) is 11.5. The van der Waals surface area contributed by atoms with E-state index >= 15 is 0 Å². The molecule has 0 aliphatic rings. The molecule has 1 aromatic heterocycles. The number of aromatic nitrogens is 2. The van der Waals surface area contributed by atoms with Gasteiger partial charge in [0.05, 0.1) is 11.4 Å². The zero-order valence-electron chi connectivity index (χ0n) is 10.8. The highest BCUT2D eigenvalue weighted by Gasteiger charge is 2.08. The predicted octanol–water partition coefficient (Wildman–Crippen LogP) is 0.570. The summed E-state index contributed by atoms with van der Waals surface area (Å²) in [7, 11) is -3.69. The van der Waals surface area contributed by atoms with Gasteiger partial charge in [-0.2, -0.15) is 0 Å². The topological polar surface area (TPSA) is 123 Å². The van der Waals surface area contributed by atoms with Crippen LogP contribution in [0, 0.1) is 0 Å². The Morgan fingerprint density at radius 2 is 1.95 bits per heavy atom. The van der Waals surface area contributed by atoms with Gasteiger partial charge in [0.15, 0.2) is 0 Å². The van der Waals surface area contributed by atoms with Crippen molar-refractivity contribution in [1.82, 2.24) is 15.5 Å². The molecular weight excluding hydrogens is 282 g/mol. The van der Waals surface area contributed by atoms with E-state index in [9.17, 15) is 8.42 Å². The van der Waals surface area contributed by atoms with E-state index < -0.39 is 10.0 Å². The highest BCUT2D eigenvalue weighted by Crippen LogP contribution is 2.17. The van der Waals surface area contributed by atoms with Crippen LogP contribution in [0.15, 0.2) is 33.6 Å². The summed E-state index contributed by atoms with van der Waals surface area (Å²) >= 11 is 0. The predicted molar refractivity (Wildman–Crippen MR) is 72.8 cm³/mol. The molecular formula is C11H15N5O3S. The smallest absolute Gasteiger partial charge is 0.320 e. The van der Waals surface area contributed by atoms with E-state index in [1.54, 1.807) is 12.1 Å². The van der Waals surface area contributed by atoms with Crippen LogP contribution in [-0.2, 0) is 16.6 Å². The first-order valence-electron chi connectivity index (χ1n) is 5.92. The molecule has 108 valence electrons. The molecule has 9 heteroatoms. The van der Waals surface area contributed by atoms with Gasteiger partial charge in [0.25, 0.3) is 0 Å². The fraction of sp³-hybridized carbons (Fsp3) is 0.273. The Kier molecular flexibility index (Phi) is 4.32. The summed E-state index contributed by atoms with van der Waals surface area (Å²) in [5, 5.41) is 18.6. The fourth-order valence-corrected chi connectivity index (χ4v) is 1.97. The van der Waals surface area contributed by atoms with Crippen LogP contribution in [0.25, 0.3) is 0 Å². The van der Waals surface area contributed by atoms with Crippen molar-refractivity contribution in [2.75, 3.05) is 11.9 Å². The van der Waals surface area contributed by atoms with E-state index in [4.69, 9.17) is 9.56 Å². The first-order valence-corrected chi connectivity index (χ1v) is 7.46. The monoisotopic (exact) mass is 297 g/mol. The Bertz CT molecular complexity index is 666. The Hall–Kier alpha value is -1.97. The molecule has 2 rings (SSSR count). The lowest BCUT2D eigenvalue weighted by atomic mass is 10.3. The average molecular weight is 297 g/mol. The fourth-order valence-electron chi connectivity index (χ4n) is 1.46. The van der Waals surface area contributed by atoms with Crippen LogP contribution in [0.3, 0.4) is 0 Å². The molecule has 1 heterocycles. The van der Waals surface area contributed by atoms with Crippen molar-refractivity contribution < 1.29 is 12.8 Å². The van der Waals surface area contributed by atoms with Gasteiger partial charge in [0.2, 0.25) is 15.9 Å². The number of nitrogens with two attached hydrogens (primary N) is 1. The second-order valence-electron chi connectivity index (χ2n) is 3.98. The van der Waals surface area contributed by atoms with Gasteiger partial charge in [-0.3, -0.25) is 0 Å².